The van der Waals surface area contributed by atoms with Gasteiger partial charge in [0.1, 0.15) is 5.82 Å². The molecule has 1 unspecified atom stereocenters. The highest BCUT2D eigenvalue weighted by Crippen LogP contribution is 2.34. The average Bonchev–Trinajstić information content (AvgIpc) is 2.81. The van der Waals surface area contributed by atoms with Gasteiger partial charge in [0, 0.05) is 0 Å². The van der Waals surface area contributed by atoms with E-state index in [1.807, 2.05) is 47.9 Å². The SMILES string of the molecule is CC(Cl)c1nc2ccccc2n1-c1cccc(Cl)c1Cl. The number of nitrogens with zero attached hydrogens (tertiary/aromatic N) is 2. The molecule has 0 aliphatic rings. The quantitative estimate of drug-likeness (QED) is 0.558. The summed E-state index contributed by atoms with van der Waals surface area (Å²) in [5.74, 6) is 0.747. The van der Waals surface area contributed by atoms with Crippen molar-refractivity contribution >= 4 is 45.8 Å². The van der Waals surface area contributed by atoms with Gasteiger partial charge in [-0.25, -0.2) is 4.98 Å². The number of alkyl halides is 1. The van der Waals surface area contributed by atoms with Crippen LogP contribution in [0.3, 0.4) is 0 Å². The van der Waals surface area contributed by atoms with Gasteiger partial charge in [-0.3, -0.25) is 4.57 Å². The summed E-state index contributed by atoms with van der Waals surface area (Å²) in [4.78, 5) is 4.59. The van der Waals surface area contributed by atoms with E-state index in [4.69, 9.17) is 34.8 Å². The zero-order chi connectivity index (χ0) is 14.3. The highest BCUT2D eigenvalue weighted by molar-refractivity contribution is 6.43. The van der Waals surface area contributed by atoms with Crippen LogP contribution in [0.5, 0.6) is 0 Å². The number of para-hydroxylation sites is 2. The van der Waals surface area contributed by atoms with Gasteiger partial charge in [0.25, 0.3) is 0 Å². The van der Waals surface area contributed by atoms with Gasteiger partial charge in [0.2, 0.25) is 0 Å². The van der Waals surface area contributed by atoms with Crippen molar-refractivity contribution in [3.05, 3.63) is 58.3 Å². The van der Waals surface area contributed by atoms with Crippen LogP contribution in [-0.2, 0) is 0 Å². The molecule has 0 bridgehead atoms. The Bertz CT molecular complexity index is 778. The van der Waals surface area contributed by atoms with Gasteiger partial charge in [-0.1, -0.05) is 41.4 Å². The maximum Gasteiger partial charge on any atom is 0.132 e. The number of rotatable bonds is 2. The third-order valence-electron chi connectivity index (χ3n) is 3.11. The summed E-state index contributed by atoms with van der Waals surface area (Å²) in [5.41, 5.74) is 2.63. The molecule has 0 N–H and O–H groups in total. The lowest BCUT2D eigenvalue weighted by Crippen LogP contribution is -2.02. The standard InChI is InChI=1S/C15H11Cl3N2/c1-9(16)15-19-11-6-2-3-7-12(11)20(15)13-8-4-5-10(17)14(13)18/h2-9H,1H3. The second-order valence-electron chi connectivity index (χ2n) is 4.48. The Kier molecular flexibility index (Phi) is 3.63. The van der Waals surface area contributed by atoms with Crippen LogP contribution in [0.1, 0.15) is 18.1 Å². The van der Waals surface area contributed by atoms with E-state index in [1.165, 1.54) is 0 Å². The molecule has 0 amide bonds. The lowest BCUT2D eigenvalue weighted by atomic mass is 10.2. The molecule has 2 nitrogen and oxygen atoms in total. The number of benzene rings is 2. The molecular formula is C15H11Cl3N2. The first-order valence-electron chi connectivity index (χ1n) is 6.15. The Morgan fingerprint density at radius 1 is 1.05 bits per heavy atom. The van der Waals surface area contributed by atoms with Gasteiger partial charge in [0.05, 0.1) is 32.1 Å². The topological polar surface area (TPSA) is 17.8 Å². The van der Waals surface area contributed by atoms with Gasteiger partial charge in [0.15, 0.2) is 0 Å². The Hall–Kier alpha value is -1.22. The lowest BCUT2D eigenvalue weighted by Gasteiger charge is -2.13. The second kappa shape index (κ2) is 5.28. The maximum absolute atomic E-state index is 6.34. The van der Waals surface area contributed by atoms with Gasteiger partial charge < -0.3 is 0 Å². The fourth-order valence-corrected chi connectivity index (χ4v) is 2.76. The first kappa shape index (κ1) is 13.7. The van der Waals surface area contributed by atoms with E-state index in [2.05, 4.69) is 4.98 Å². The maximum atomic E-state index is 6.34. The molecule has 0 saturated heterocycles. The smallest absolute Gasteiger partial charge is 0.132 e. The number of fused-ring (bicyclic) bond motifs is 1. The van der Waals surface area contributed by atoms with E-state index in [9.17, 15) is 0 Å². The van der Waals surface area contributed by atoms with Gasteiger partial charge in [-0.05, 0) is 31.2 Å². The molecule has 2 aromatic carbocycles. The molecule has 0 fully saturated rings. The summed E-state index contributed by atoms with van der Waals surface area (Å²) in [7, 11) is 0. The molecule has 0 aliphatic carbocycles. The number of imidazole rings is 1. The minimum Gasteiger partial charge on any atom is -0.293 e. The third kappa shape index (κ3) is 2.18. The molecular weight excluding hydrogens is 315 g/mol. The summed E-state index contributed by atoms with van der Waals surface area (Å²) in [5, 5.41) is 0.767. The first-order chi connectivity index (χ1) is 9.59. The highest BCUT2D eigenvalue weighted by atomic mass is 35.5. The largest absolute Gasteiger partial charge is 0.293 e. The van der Waals surface area contributed by atoms with Gasteiger partial charge in [-0.2, -0.15) is 0 Å². The predicted molar refractivity (Wildman–Crippen MR) is 85.4 cm³/mol. The molecule has 0 saturated carbocycles. The van der Waals surface area contributed by atoms with Crippen LogP contribution in [0.2, 0.25) is 10.0 Å². The molecule has 1 aromatic heterocycles. The number of halogens is 3. The Balaban J connectivity index is 2.39. The molecule has 0 radical (unpaired) electrons. The average molecular weight is 326 g/mol. The van der Waals surface area contributed by atoms with Gasteiger partial charge in [-0.15, -0.1) is 11.6 Å². The molecule has 20 heavy (non-hydrogen) atoms. The van der Waals surface area contributed by atoms with Crippen molar-refractivity contribution in [3.63, 3.8) is 0 Å². The molecule has 3 rings (SSSR count). The van der Waals surface area contributed by atoms with Crippen LogP contribution in [0.25, 0.3) is 16.7 Å². The molecule has 5 heteroatoms. The summed E-state index contributed by atoms with van der Waals surface area (Å²) in [6.07, 6.45) is 0. The van der Waals surface area contributed by atoms with Crippen molar-refractivity contribution in [1.29, 1.82) is 0 Å². The molecule has 0 spiro atoms. The Labute approximate surface area is 131 Å². The van der Waals surface area contributed by atoms with Crippen molar-refractivity contribution < 1.29 is 0 Å². The summed E-state index contributed by atoms with van der Waals surface area (Å²) < 4.78 is 1.96. The monoisotopic (exact) mass is 324 g/mol. The zero-order valence-corrected chi connectivity index (χ0v) is 12.9. The van der Waals surface area contributed by atoms with E-state index in [0.717, 1.165) is 22.5 Å². The van der Waals surface area contributed by atoms with Crippen LogP contribution in [0.4, 0.5) is 0 Å². The zero-order valence-electron chi connectivity index (χ0n) is 10.6. The second-order valence-corrected chi connectivity index (χ2v) is 5.92. The number of aromatic nitrogens is 2. The lowest BCUT2D eigenvalue weighted by molar-refractivity contribution is 0.883. The summed E-state index contributed by atoms with van der Waals surface area (Å²) >= 11 is 18.7. The fourth-order valence-electron chi connectivity index (χ4n) is 2.23. The van der Waals surface area contributed by atoms with Crippen molar-refractivity contribution in [1.82, 2.24) is 9.55 Å². The molecule has 1 heterocycles. The van der Waals surface area contributed by atoms with Crippen LogP contribution < -0.4 is 0 Å². The first-order valence-corrected chi connectivity index (χ1v) is 7.34. The highest BCUT2D eigenvalue weighted by Gasteiger charge is 2.18. The van der Waals surface area contributed by atoms with E-state index < -0.39 is 0 Å². The molecule has 1 atom stereocenters. The van der Waals surface area contributed by atoms with Crippen LogP contribution in [0, 0.1) is 0 Å². The van der Waals surface area contributed by atoms with E-state index in [-0.39, 0.29) is 5.38 Å². The normalized spacial score (nSPS) is 12.8. The van der Waals surface area contributed by atoms with Crippen molar-refractivity contribution in [2.75, 3.05) is 0 Å². The van der Waals surface area contributed by atoms with Crippen molar-refractivity contribution in [3.8, 4) is 5.69 Å². The fraction of sp³-hybridized carbons (Fsp3) is 0.133. The Morgan fingerprint density at radius 3 is 2.55 bits per heavy atom. The van der Waals surface area contributed by atoms with E-state index in [1.54, 1.807) is 6.07 Å². The molecule has 3 aromatic rings. The van der Waals surface area contributed by atoms with Crippen LogP contribution >= 0.6 is 34.8 Å². The predicted octanol–water partition coefficient (Wildman–Crippen LogP) is 5.63. The molecule has 0 aliphatic heterocycles. The van der Waals surface area contributed by atoms with Crippen LogP contribution in [-0.4, -0.2) is 9.55 Å². The number of hydrogen-bond donors (Lipinski definition) is 0. The van der Waals surface area contributed by atoms with E-state index in [0.29, 0.717) is 10.0 Å². The third-order valence-corrected chi connectivity index (χ3v) is 4.12. The van der Waals surface area contributed by atoms with Crippen molar-refractivity contribution in [2.24, 2.45) is 0 Å². The Morgan fingerprint density at radius 2 is 1.80 bits per heavy atom. The summed E-state index contributed by atoms with van der Waals surface area (Å²) in [6.45, 7) is 1.89. The molecule has 102 valence electrons. The van der Waals surface area contributed by atoms with Crippen molar-refractivity contribution in [2.45, 2.75) is 12.3 Å². The summed E-state index contributed by atoms with van der Waals surface area (Å²) in [6, 6.07) is 13.4. The minimum absolute atomic E-state index is 0.238. The van der Waals surface area contributed by atoms with Gasteiger partial charge >= 0.3 is 0 Å². The van der Waals surface area contributed by atoms with E-state index >= 15 is 0 Å². The number of hydrogen-bond acceptors (Lipinski definition) is 1. The minimum atomic E-state index is -0.238. The van der Waals surface area contributed by atoms with Crippen LogP contribution in [0.15, 0.2) is 42.5 Å².